The standard InChI is InChI=1S/C2HF6N3/c3-1-2(4,5)10(7)11(8)9(1)6/h1H. The summed E-state index contributed by atoms with van der Waals surface area (Å²) in [5, 5.41) is -5.50. The fraction of sp³-hybridized carbons (Fsp3) is 1.00. The van der Waals surface area contributed by atoms with Crippen molar-refractivity contribution < 1.29 is 26.6 Å². The van der Waals surface area contributed by atoms with Gasteiger partial charge < -0.3 is 0 Å². The van der Waals surface area contributed by atoms with Gasteiger partial charge in [0.25, 0.3) is 6.30 Å². The number of hydrazine groups is 2. The van der Waals surface area contributed by atoms with Crippen molar-refractivity contribution in [2.45, 2.75) is 12.3 Å². The molecule has 0 amide bonds. The van der Waals surface area contributed by atoms with Crippen LogP contribution < -0.4 is 0 Å². The van der Waals surface area contributed by atoms with E-state index >= 15 is 0 Å². The second-order valence-corrected chi connectivity index (χ2v) is 1.71. The number of halogens is 6. The highest BCUT2D eigenvalue weighted by atomic mass is 19.3. The first-order valence-corrected chi connectivity index (χ1v) is 2.27. The zero-order valence-electron chi connectivity index (χ0n) is 4.69. The molecular weight excluding hydrogens is 180 g/mol. The third-order valence-electron chi connectivity index (χ3n) is 1.02. The van der Waals surface area contributed by atoms with E-state index in [2.05, 4.69) is 0 Å². The van der Waals surface area contributed by atoms with Gasteiger partial charge in [-0.05, 0) is 0 Å². The summed E-state index contributed by atoms with van der Waals surface area (Å²) < 4.78 is 70.6. The van der Waals surface area contributed by atoms with Gasteiger partial charge in [0.05, 0.1) is 5.34 Å². The molecule has 0 bridgehead atoms. The minimum atomic E-state index is -4.84. The molecule has 11 heavy (non-hydrogen) atoms. The monoisotopic (exact) mass is 181 g/mol. The Balaban J connectivity index is 2.87. The molecular formula is C2HF6N3. The molecule has 0 spiro atoms. The predicted molar refractivity (Wildman–Crippen MR) is 18.7 cm³/mol. The maximum atomic E-state index is 11.8. The van der Waals surface area contributed by atoms with Crippen LogP contribution in [0.4, 0.5) is 26.6 Å². The van der Waals surface area contributed by atoms with E-state index in [0.29, 0.717) is 0 Å². The molecule has 9 heteroatoms. The van der Waals surface area contributed by atoms with E-state index in [4.69, 9.17) is 0 Å². The van der Waals surface area contributed by atoms with E-state index in [0.717, 1.165) is 0 Å². The third-order valence-corrected chi connectivity index (χ3v) is 1.02. The van der Waals surface area contributed by atoms with E-state index in [1.165, 1.54) is 0 Å². The quantitative estimate of drug-likeness (QED) is 0.316. The number of hydrogen-bond donors (Lipinski definition) is 0. The molecule has 0 aromatic heterocycles. The van der Waals surface area contributed by atoms with Crippen LogP contribution in [0, 0.1) is 0 Å². The Morgan fingerprint density at radius 2 is 1.55 bits per heavy atom. The van der Waals surface area contributed by atoms with Crippen molar-refractivity contribution in [2.75, 3.05) is 0 Å². The lowest BCUT2D eigenvalue weighted by Gasteiger charge is -2.11. The zero-order valence-corrected chi connectivity index (χ0v) is 4.69. The highest BCUT2D eigenvalue weighted by Gasteiger charge is 2.64. The van der Waals surface area contributed by atoms with Crippen LogP contribution in [0.5, 0.6) is 0 Å². The van der Waals surface area contributed by atoms with Gasteiger partial charge in [0.15, 0.2) is 0 Å². The van der Waals surface area contributed by atoms with E-state index in [1.807, 2.05) is 0 Å². The molecule has 1 atom stereocenters. The predicted octanol–water partition coefficient (Wildman–Crippen LogP) is 1.28. The number of alkyl halides is 3. The first-order valence-electron chi connectivity index (χ1n) is 2.27. The van der Waals surface area contributed by atoms with Gasteiger partial charge in [0, 0.05) is 10.5 Å². The van der Waals surface area contributed by atoms with Gasteiger partial charge >= 0.3 is 6.05 Å². The molecule has 1 heterocycles. The molecule has 0 aliphatic carbocycles. The largest absolute Gasteiger partial charge is 0.394 e. The van der Waals surface area contributed by atoms with Gasteiger partial charge in [-0.3, -0.25) is 0 Å². The maximum absolute atomic E-state index is 11.8. The summed E-state index contributed by atoms with van der Waals surface area (Å²) in [5.41, 5.74) is 0. The Hall–Kier alpha value is -0.540. The Kier molecular flexibility index (Phi) is 1.73. The molecule has 1 rings (SSSR count). The molecule has 3 nitrogen and oxygen atoms in total. The van der Waals surface area contributed by atoms with Crippen molar-refractivity contribution in [1.29, 1.82) is 0 Å². The van der Waals surface area contributed by atoms with Crippen LogP contribution in [0.2, 0.25) is 0 Å². The molecule has 66 valence electrons. The average Bonchev–Trinajstić information content (AvgIpc) is 2.06. The van der Waals surface area contributed by atoms with Crippen LogP contribution in [-0.2, 0) is 0 Å². The van der Waals surface area contributed by atoms with Gasteiger partial charge in [-0.2, -0.15) is 8.78 Å². The van der Waals surface area contributed by atoms with E-state index in [9.17, 15) is 26.6 Å². The Bertz CT molecular complexity index is 146. The molecule has 1 unspecified atom stereocenters. The zero-order chi connectivity index (χ0) is 8.81. The molecule has 0 saturated carbocycles. The molecule has 1 saturated heterocycles. The smallest absolute Gasteiger partial charge is 0.217 e. The maximum Gasteiger partial charge on any atom is 0.394 e. The second-order valence-electron chi connectivity index (χ2n) is 1.71. The summed E-state index contributed by atoms with van der Waals surface area (Å²) in [5.74, 6) is 0. The van der Waals surface area contributed by atoms with Gasteiger partial charge in [0.2, 0.25) is 0 Å². The van der Waals surface area contributed by atoms with Crippen molar-refractivity contribution in [1.82, 2.24) is 15.8 Å². The van der Waals surface area contributed by atoms with Crippen molar-refractivity contribution in [3.05, 3.63) is 0 Å². The number of nitrogens with zero attached hydrogens (tertiary/aromatic N) is 3. The summed E-state index contributed by atoms with van der Waals surface area (Å²) in [6.45, 7) is 0. The summed E-state index contributed by atoms with van der Waals surface area (Å²) in [6.07, 6.45) is -3.68. The molecule has 0 radical (unpaired) electrons. The van der Waals surface area contributed by atoms with Crippen LogP contribution in [0.25, 0.3) is 0 Å². The summed E-state index contributed by atoms with van der Waals surface area (Å²) in [4.78, 5) is 0. The SMILES string of the molecule is FC1N(F)N(F)N(F)C1(F)F. The number of hydrogen-bond acceptors (Lipinski definition) is 3. The fourth-order valence-electron chi connectivity index (χ4n) is 0.485. The summed E-state index contributed by atoms with van der Waals surface area (Å²) in [6, 6.07) is -4.84. The second kappa shape index (κ2) is 2.22. The molecule has 1 fully saturated rings. The third kappa shape index (κ3) is 0.957. The molecule has 0 N–H and O–H groups in total. The van der Waals surface area contributed by atoms with Gasteiger partial charge in [-0.25, -0.2) is 4.39 Å². The van der Waals surface area contributed by atoms with Crippen LogP contribution in [-0.4, -0.2) is 28.1 Å². The highest BCUT2D eigenvalue weighted by Crippen LogP contribution is 2.38. The van der Waals surface area contributed by atoms with Crippen LogP contribution in [0.3, 0.4) is 0 Å². The number of rotatable bonds is 0. The Labute approximate surface area is 56.1 Å². The Morgan fingerprint density at radius 3 is 1.64 bits per heavy atom. The minimum absolute atomic E-state index is 1.71. The van der Waals surface area contributed by atoms with Gasteiger partial charge in [-0.1, -0.05) is 4.48 Å². The average molecular weight is 181 g/mol. The fourth-order valence-corrected chi connectivity index (χ4v) is 0.485. The van der Waals surface area contributed by atoms with E-state index in [-0.39, 0.29) is 0 Å². The first-order chi connectivity index (χ1) is 4.89. The molecule has 0 aromatic carbocycles. The molecule has 0 aromatic rings. The summed E-state index contributed by atoms with van der Waals surface area (Å²) in [7, 11) is 0. The van der Waals surface area contributed by atoms with Crippen molar-refractivity contribution in [3.8, 4) is 0 Å². The van der Waals surface area contributed by atoms with E-state index in [1.54, 1.807) is 0 Å². The van der Waals surface area contributed by atoms with Crippen molar-refractivity contribution >= 4 is 0 Å². The lowest BCUT2D eigenvalue weighted by molar-refractivity contribution is -0.411. The minimum Gasteiger partial charge on any atom is -0.217 e. The first kappa shape index (κ1) is 8.56. The van der Waals surface area contributed by atoms with Crippen LogP contribution in [0.15, 0.2) is 0 Å². The lowest BCUT2D eigenvalue weighted by Crippen LogP contribution is -2.37. The lowest BCUT2D eigenvalue weighted by atomic mass is 10.5. The van der Waals surface area contributed by atoms with Crippen LogP contribution in [0.1, 0.15) is 0 Å². The summed E-state index contributed by atoms with van der Waals surface area (Å²) >= 11 is 0. The highest BCUT2D eigenvalue weighted by molar-refractivity contribution is 4.71. The van der Waals surface area contributed by atoms with Crippen molar-refractivity contribution in [2.24, 2.45) is 0 Å². The molecule has 1 aliphatic heterocycles. The van der Waals surface area contributed by atoms with E-state index < -0.39 is 28.1 Å². The van der Waals surface area contributed by atoms with Crippen LogP contribution >= 0.6 is 0 Å². The Morgan fingerprint density at radius 1 is 1.09 bits per heavy atom. The normalized spacial score (nSPS) is 34.9. The van der Waals surface area contributed by atoms with Gasteiger partial charge in [-0.15, -0.1) is 8.96 Å². The topological polar surface area (TPSA) is 9.72 Å². The molecule has 1 aliphatic rings. The van der Waals surface area contributed by atoms with Gasteiger partial charge in [0.1, 0.15) is 0 Å². The van der Waals surface area contributed by atoms with Crippen molar-refractivity contribution in [3.63, 3.8) is 0 Å².